The third kappa shape index (κ3) is 1.71. The lowest BCUT2D eigenvalue weighted by Crippen LogP contribution is -1.98. The first kappa shape index (κ1) is 9.72. The van der Waals surface area contributed by atoms with E-state index in [0.717, 1.165) is 0 Å². The van der Waals surface area contributed by atoms with Gasteiger partial charge in [-0.05, 0) is 6.07 Å². The number of ether oxygens (including phenoxy) is 2. The van der Waals surface area contributed by atoms with E-state index in [0.29, 0.717) is 17.1 Å². The van der Waals surface area contributed by atoms with Gasteiger partial charge >= 0.3 is 0 Å². The molecule has 0 aliphatic carbocycles. The minimum atomic E-state index is -0.493. The summed E-state index contributed by atoms with van der Waals surface area (Å²) in [6.45, 7) is -0.0600. The Morgan fingerprint density at radius 3 is 2.67 bits per heavy atom. The zero-order valence-electron chi connectivity index (χ0n) is 7.80. The molecule has 0 fully saturated rings. The maximum Gasteiger partial charge on any atom is 0.276 e. The number of fused-ring (bicyclic) bond motifs is 1. The molecule has 0 atom stereocenters. The fourth-order valence-corrected chi connectivity index (χ4v) is 1.46. The van der Waals surface area contributed by atoms with Crippen molar-refractivity contribution in [1.82, 2.24) is 0 Å². The van der Waals surface area contributed by atoms with E-state index in [1.54, 1.807) is 0 Å². The zero-order valence-corrected chi connectivity index (χ0v) is 7.80. The standard InChI is InChI=1S/C9H9NO5/c11-2-1-6-3-8-9(15-5-14-8)4-7(6)10(12)13/h3-4,11H,1-2,5H2. The van der Waals surface area contributed by atoms with Gasteiger partial charge in [0.15, 0.2) is 11.5 Å². The van der Waals surface area contributed by atoms with Crippen LogP contribution in [0.3, 0.4) is 0 Å². The van der Waals surface area contributed by atoms with Crippen molar-refractivity contribution >= 4 is 5.69 Å². The van der Waals surface area contributed by atoms with Gasteiger partial charge in [-0.25, -0.2) is 0 Å². The summed E-state index contributed by atoms with van der Waals surface area (Å²) in [4.78, 5) is 10.2. The summed E-state index contributed by atoms with van der Waals surface area (Å²) in [5, 5.41) is 19.5. The summed E-state index contributed by atoms with van der Waals surface area (Å²) in [5.41, 5.74) is 0.403. The molecule has 6 heteroatoms. The van der Waals surface area contributed by atoms with Gasteiger partial charge in [0.2, 0.25) is 6.79 Å². The van der Waals surface area contributed by atoms with Crippen molar-refractivity contribution in [3.05, 3.63) is 27.8 Å². The molecule has 0 spiro atoms. The van der Waals surface area contributed by atoms with Crippen LogP contribution in [0.1, 0.15) is 5.56 Å². The van der Waals surface area contributed by atoms with E-state index < -0.39 is 4.92 Å². The van der Waals surface area contributed by atoms with Crippen LogP contribution in [0.15, 0.2) is 12.1 Å². The Hall–Kier alpha value is -1.82. The van der Waals surface area contributed by atoms with Crippen molar-refractivity contribution in [2.24, 2.45) is 0 Å². The predicted molar refractivity (Wildman–Crippen MR) is 50.0 cm³/mol. The van der Waals surface area contributed by atoms with Crippen LogP contribution >= 0.6 is 0 Å². The lowest BCUT2D eigenvalue weighted by molar-refractivity contribution is -0.385. The lowest BCUT2D eigenvalue weighted by Gasteiger charge is -2.02. The average molecular weight is 211 g/mol. The fraction of sp³-hybridized carbons (Fsp3) is 0.333. The Morgan fingerprint density at radius 1 is 1.40 bits per heavy atom. The molecule has 0 saturated carbocycles. The van der Waals surface area contributed by atoms with Crippen LogP contribution in [0, 0.1) is 10.1 Å². The molecule has 6 nitrogen and oxygen atoms in total. The van der Waals surface area contributed by atoms with Crippen LogP contribution < -0.4 is 9.47 Å². The van der Waals surface area contributed by atoms with E-state index in [4.69, 9.17) is 14.6 Å². The van der Waals surface area contributed by atoms with Crippen LogP contribution in [0.25, 0.3) is 0 Å². The van der Waals surface area contributed by atoms with Crippen molar-refractivity contribution in [2.75, 3.05) is 13.4 Å². The highest BCUT2D eigenvalue weighted by Gasteiger charge is 2.22. The number of nitrogens with zero attached hydrogens (tertiary/aromatic N) is 1. The van der Waals surface area contributed by atoms with Crippen LogP contribution in [0.2, 0.25) is 0 Å². The largest absolute Gasteiger partial charge is 0.454 e. The van der Waals surface area contributed by atoms with E-state index in [2.05, 4.69) is 0 Å². The Bertz CT molecular complexity index is 404. The molecule has 1 aromatic rings. The first-order valence-corrected chi connectivity index (χ1v) is 4.40. The third-order valence-corrected chi connectivity index (χ3v) is 2.15. The molecule has 15 heavy (non-hydrogen) atoms. The normalized spacial score (nSPS) is 12.9. The van der Waals surface area contributed by atoms with Crippen LogP contribution in [-0.2, 0) is 6.42 Å². The van der Waals surface area contributed by atoms with Crippen molar-refractivity contribution in [1.29, 1.82) is 0 Å². The molecule has 0 aromatic heterocycles. The smallest absolute Gasteiger partial charge is 0.276 e. The molecular weight excluding hydrogens is 202 g/mol. The highest BCUT2D eigenvalue weighted by molar-refractivity contribution is 5.55. The molecule has 1 heterocycles. The summed E-state index contributed by atoms with van der Waals surface area (Å²) < 4.78 is 10.1. The topological polar surface area (TPSA) is 81.8 Å². The van der Waals surface area contributed by atoms with Gasteiger partial charge in [-0.3, -0.25) is 10.1 Å². The molecule has 0 unspecified atom stereocenters. The monoisotopic (exact) mass is 211 g/mol. The number of aliphatic hydroxyl groups is 1. The molecule has 1 aliphatic rings. The summed E-state index contributed by atoms with van der Waals surface area (Å²) in [5.74, 6) is 0.868. The Labute approximate surface area is 85.2 Å². The molecule has 2 rings (SSSR count). The first-order chi connectivity index (χ1) is 7.22. The van der Waals surface area contributed by atoms with Crippen LogP contribution in [0.5, 0.6) is 11.5 Å². The first-order valence-electron chi connectivity index (χ1n) is 4.40. The summed E-state index contributed by atoms with van der Waals surface area (Å²) in [6, 6.07) is 2.87. The van der Waals surface area contributed by atoms with E-state index in [1.807, 2.05) is 0 Å². The van der Waals surface area contributed by atoms with E-state index in [-0.39, 0.29) is 25.5 Å². The summed E-state index contributed by atoms with van der Waals surface area (Å²) in [6.07, 6.45) is 0.229. The Balaban J connectivity index is 2.47. The second-order valence-corrected chi connectivity index (χ2v) is 3.06. The van der Waals surface area contributed by atoms with Gasteiger partial charge in [-0.2, -0.15) is 0 Å². The number of rotatable bonds is 3. The zero-order chi connectivity index (χ0) is 10.8. The van der Waals surface area contributed by atoms with Crippen molar-refractivity contribution in [3.63, 3.8) is 0 Å². The predicted octanol–water partition coefficient (Wildman–Crippen LogP) is 0.858. The number of aliphatic hydroxyl groups excluding tert-OH is 1. The number of hydrogen-bond acceptors (Lipinski definition) is 5. The lowest BCUT2D eigenvalue weighted by atomic mass is 10.1. The van der Waals surface area contributed by atoms with Gasteiger partial charge in [0.05, 0.1) is 11.0 Å². The minimum absolute atomic E-state index is 0.0479. The molecule has 80 valence electrons. The summed E-state index contributed by atoms with van der Waals surface area (Å²) >= 11 is 0. The van der Waals surface area contributed by atoms with Gasteiger partial charge in [0.25, 0.3) is 5.69 Å². The number of hydrogen-bond donors (Lipinski definition) is 1. The second-order valence-electron chi connectivity index (χ2n) is 3.06. The maximum atomic E-state index is 10.7. The van der Waals surface area contributed by atoms with Crippen LogP contribution in [-0.4, -0.2) is 23.4 Å². The maximum absolute atomic E-state index is 10.7. The number of nitro benzene ring substituents is 1. The molecule has 0 bridgehead atoms. The van der Waals surface area contributed by atoms with Crippen molar-refractivity contribution in [3.8, 4) is 11.5 Å². The van der Waals surface area contributed by atoms with E-state index in [1.165, 1.54) is 12.1 Å². The SMILES string of the molecule is O=[N+]([O-])c1cc2c(cc1CCO)OCO2. The quantitative estimate of drug-likeness (QED) is 0.592. The van der Waals surface area contributed by atoms with Crippen LogP contribution in [0.4, 0.5) is 5.69 Å². The molecule has 0 radical (unpaired) electrons. The van der Waals surface area contributed by atoms with Gasteiger partial charge in [0, 0.05) is 18.6 Å². The summed E-state index contributed by atoms with van der Waals surface area (Å²) in [7, 11) is 0. The Kier molecular flexibility index (Phi) is 2.42. The van der Waals surface area contributed by atoms with Crippen molar-refractivity contribution in [2.45, 2.75) is 6.42 Å². The molecule has 1 aromatic carbocycles. The fourth-order valence-electron chi connectivity index (χ4n) is 1.46. The van der Waals surface area contributed by atoms with Gasteiger partial charge in [0.1, 0.15) is 0 Å². The highest BCUT2D eigenvalue weighted by Crippen LogP contribution is 2.37. The third-order valence-electron chi connectivity index (χ3n) is 2.15. The van der Waals surface area contributed by atoms with Gasteiger partial charge in [-0.1, -0.05) is 0 Å². The molecule has 0 amide bonds. The molecular formula is C9H9NO5. The molecule has 1 aliphatic heterocycles. The number of nitro groups is 1. The number of benzene rings is 1. The average Bonchev–Trinajstić information content (AvgIpc) is 2.63. The van der Waals surface area contributed by atoms with Gasteiger partial charge in [-0.15, -0.1) is 0 Å². The van der Waals surface area contributed by atoms with Gasteiger partial charge < -0.3 is 14.6 Å². The minimum Gasteiger partial charge on any atom is -0.454 e. The van der Waals surface area contributed by atoms with E-state index in [9.17, 15) is 10.1 Å². The molecule has 0 saturated heterocycles. The molecule has 1 N–H and O–H groups in total. The Morgan fingerprint density at radius 2 is 2.07 bits per heavy atom. The van der Waals surface area contributed by atoms with Crippen molar-refractivity contribution < 1.29 is 19.5 Å². The highest BCUT2D eigenvalue weighted by atomic mass is 16.7. The second kappa shape index (κ2) is 3.74. The van der Waals surface area contributed by atoms with E-state index >= 15 is 0 Å².